The highest BCUT2D eigenvalue weighted by Crippen LogP contribution is 2.25. The van der Waals surface area contributed by atoms with Gasteiger partial charge in [0, 0.05) is 11.5 Å². The summed E-state index contributed by atoms with van der Waals surface area (Å²) in [4.78, 5) is 2.58. The topological polar surface area (TPSA) is 49.9 Å². The summed E-state index contributed by atoms with van der Waals surface area (Å²) in [6, 6.07) is 13.8. The van der Waals surface area contributed by atoms with Gasteiger partial charge in [0.1, 0.15) is 5.75 Å². The molecule has 0 heterocycles. The number of hydrogen-bond donors (Lipinski definition) is 0. The predicted molar refractivity (Wildman–Crippen MR) is 123 cm³/mol. The molecule has 0 unspecified atom stereocenters. The van der Waals surface area contributed by atoms with Gasteiger partial charge in [-0.3, -0.25) is 4.31 Å². The number of unbranched alkanes of at least 4 members (excludes halogenated alkanes) is 3. The molecule has 0 atom stereocenters. The van der Waals surface area contributed by atoms with E-state index >= 15 is 0 Å². The summed E-state index contributed by atoms with van der Waals surface area (Å²) in [5.41, 5.74) is 0.598. The number of anilines is 1. The van der Waals surface area contributed by atoms with E-state index in [0.29, 0.717) is 12.3 Å². The van der Waals surface area contributed by atoms with Gasteiger partial charge in [-0.25, -0.2) is 8.42 Å². The molecule has 0 aliphatic rings. The summed E-state index contributed by atoms with van der Waals surface area (Å²) in [7, 11) is 0.115. The Labute approximate surface area is 183 Å². The Morgan fingerprint density at radius 3 is 2.14 bits per heavy atom. The maximum absolute atomic E-state index is 12.8. The van der Waals surface area contributed by atoms with Crippen LogP contribution in [-0.2, 0) is 10.0 Å². The van der Waals surface area contributed by atoms with Gasteiger partial charge in [0.2, 0.25) is 0 Å². The van der Waals surface area contributed by atoms with Crippen molar-refractivity contribution in [2.75, 3.05) is 38.1 Å². The molecule has 0 bridgehead atoms. The second kappa shape index (κ2) is 11.6. The minimum absolute atomic E-state index is 0.258. The molecule has 2 aromatic rings. The number of hydrogen-bond acceptors (Lipinski definition) is 4. The van der Waals surface area contributed by atoms with Gasteiger partial charge in [-0.15, -0.1) is 0 Å². The zero-order valence-electron chi connectivity index (χ0n) is 17.5. The Balaban J connectivity index is 1.81. The second-order valence-electron chi connectivity index (χ2n) is 7.08. The molecule has 0 saturated heterocycles. The summed E-state index contributed by atoms with van der Waals surface area (Å²) in [6.07, 6.45) is 4.61. The Hall–Kier alpha value is -1.57. The SMILES string of the molecule is CCN(C)CCCCCCOc1ccc(N(C)S(=O)(=O)c2ccc(Br)cc2)cc1. The van der Waals surface area contributed by atoms with Crippen LogP contribution < -0.4 is 9.04 Å². The molecule has 0 spiro atoms. The lowest BCUT2D eigenvalue weighted by Crippen LogP contribution is -2.26. The Kier molecular flexibility index (Phi) is 9.46. The van der Waals surface area contributed by atoms with Crippen LogP contribution in [0.2, 0.25) is 0 Å². The van der Waals surface area contributed by atoms with Crippen molar-refractivity contribution in [2.24, 2.45) is 0 Å². The Bertz CT molecular complexity index is 839. The molecule has 160 valence electrons. The van der Waals surface area contributed by atoms with E-state index in [2.05, 4.69) is 34.8 Å². The molecule has 0 saturated carbocycles. The third kappa shape index (κ3) is 7.32. The number of ether oxygens (including phenoxy) is 1. The molecule has 29 heavy (non-hydrogen) atoms. The molecular formula is C22H31BrN2O3S. The zero-order chi connectivity index (χ0) is 21.3. The summed E-state index contributed by atoms with van der Waals surface area (Å²) in [5, 5.41) is 0. The highest BCUT2D eigenvalue weighted by molar-refractivity contribution is 9.10. The molecule has 0 aromatic heterocycles. The molecule has 0 radical (unpaired) electrons. The molecule has 2 rings (SSSR count). The Morgan fingerprint density at radius 1 is 0.897 bits per heavy atom. The molecule has 0 fully saturated rings. The molecule has 0 aliphatic carbocycles. The van der Waals surface area contributed by atoms with Crippen LogP contribution in [0.25, 0.3) is 0 Å². The maximum Gasteiger partial charge on any atom is 0.264 e. The Morgan fingerprint density at radius 2 is 1.52 bits per heavy atom. The summed E-state index contributed by atoms with van der Waals surface area (Å²) in [6.45, 7) is 5.09. The van der Waals surface area contributed by atoms with E-state index < -0.39 is 10.0 Å². The number of sulfonamides is 1. The molecule has 2 aromatic carbocycles. The smallest absolute Gasteiger partial charge is 0.264 e. The number of nitrogens with zero attached hydrogens (tertiary/aromatic N) is 2. The van der Waals surface area contributed by atoms with E-state index in [4.69, 9.17) is 4.74 Å². The van der Waals surface area contributed by atoms with Crippen molar-refractivity contribution in [1.29, 1.82) is 0 Å². The zero-order valence-corrected chi connectivity index (χ0v) is 19.9. The van der Waals surface area contributed by atoms with Crippen molar-refractivity contribution in [1.82, 2.24) is 4.90 Å². The van der Waals surface area contributed by atoms with Crippen LogP contribution in [0.1, 0.15) is 32.6 Å². The van der Waals surface area contributed by atoms with E-state index in [1.165, 1.54) is 17.1 Å². The minimum atomic E-state index is -3.59. The maximum atomic E-state index is 12.8. The number of halogens is 1. The molecule has 5 nitrogen and oxygen atoms in total. The first-order valence-electron chi connectivity index (χ1n) is 10.0. The van der Waals surface area contributed by atoms with Gasteiger partial charge < -0.3 is 9.64 Å². The largest absolute Gasteiger partial charge is 0.494 e. The number of benzene rings is 2. The first kappa shape index (κ1) is 23.7. The lowest BCUT2D eigenvalue weighted by Gasteiger charge is -2.20. The average Bonchev–Trinajstić information content (AvgIpc) is 2.73. The fourth-order valence-electron chi connectivity index (χ4n) is 2.84. The van der Waals surface area contributed by atoms with Crippen LogP contribution in [0, 0.1) is 0 Å². The van der Waals surface area contributed by atoms with Crippen molar-refractivity contribution in [3.05, 3.63) is 53.0 Å². The molecule has 0 aliphatic heterocycles. The third-order valence-corrected chi connectivity index (χ3v) is 7.24. The summed E-state index contributed by atoms with van der Waals surface area (Å²) >= 11 is 3.32. The second-order valence-corrected chi connectivity index (χ2v) is 9.96. The number of rotatable bonds is 12. The van der Waals surface area contributed by atoms with Crippen LogP contribution in [0.15, 0.2) is 57.9 Å². The van der Waals surface area contributed by atoms with Crippen LogP contribution >= 0.6 is 15.9 Å². The van der Waals surface area contributed by atoms with Crippen molar-refractivity contribution in [3.63, 3.8) is 0 Å². The van der Waals surface area contributed by atoms with Gasteiger partial charge >= 0.3 is 0 Å². The normalized spacial score (nSPS) is 11.6. The standard InChI is InChI=1S/C22H31BrN2O3S/c1-4-24(2)17-7-5-6-8-18-28-21-13-11-20(12-14-21)25(3)29(26,27)22-15-9-19(23)10-16-22/h9-16H,4-8,17-18H2,1-3H3. The fraction of sp³-hybridized carbons (Fsp3) is 0.455. The van der Waals surface area contributed by atoms with E-state index in [-0.39, 0.29) is 4.90 Å². The van der Waals surface area contributed by atoms with Crippen LogP contribution in [0.4, 0.5) is 5.69 Å². The molecule has 0 N–H and O–H groups in total. The van der Waals surface area contributed by atoms with Gasteiger partial charge in [-0.2, -0.15) is 0 Å². The predicted octanol–water partition coefficient (Wildman–Crippen LogP) is 5.17. The van der Waals surface area contributed by atoms with Gasteiger partial charge in [0.25, 0.3) is 10.0 Å². The van der Waals surface area contributed by atoms with E-state index in [9.17, 15) is 8.42 Å². The van der Waals surface area contributed by atoms with Gasteiger partial charge in [0.05, 0.1) is 17.2 Å². The van der Waals surface area contributed by atoms with Crippen LogP contribution in [0.5, 0.6) is 5.75 Å². The highest BCUT2D eigenvalue weighted by atomic mass is 79.9. The van der Waals surface area contributed by atoms with Gasteiger partial charge in [-0.05, 0) is 81.5 Å². The summed E-state index contributed by atoms with van der Waals surface area (Å²) < 4.78 is 33.4. The monoisotopic (exact) mass is 482 g/mol. The van der Waals surface area contributed by atoms with Crippen molar-refractivity contribution in [2.45, 2.75) is 37.5 Å². The van der Waals surface area contributed by atoms with E-state index in [1.54, 1.807) is 43.4 Å². The van der Waals surface area contributed by atoms with E-state index in [1.807, 2.05) is 12.1 Å². The highest BCUT2D eigenvalue weighted by Gasteiger charge is 2.21. The van der Waals surface area contributed by atoms with Crippen LogP contribution in [-0.4, -0.2) is 47.1 Å². The fourth-order valence-corrected chi connectivity index (χ4v) is 4.30. The average molecular weight is 483 g/mol. The lowest BCUT2D eigenvalue weighted by atomic mass is 10.2. The molecular weight excluding hydrogens is 452 g/mol. The van der Waals surface area contributed by atoms with Crippen molar-refractivity contribution >= 4 is 31.6 Å². The van der Waals surface area contributed by atoms with Crippen LogP contribution in [0.3, 0.4) is 0 Å². The summed E-state index contributed by atoms with van der Waals surface area (Å²) in [5.74, 6) is 0.758. The van der Waals surface area contributed by atoms with Gasteiger partial charge in [0.15, 0.2) is 0 Å². The van der Waals surface area contributed by atoms with Gasteiger partial charge in [-0.1, -0.05) is 35.7 Å². The van der Waals surface area contributed by atoms with Crippen molar-refractivity contribution in [3.8, 4) is 5.75 Å². The lowest BCUT2D eigenvalue weighted by molar-refractivity contribution is 0.299. The molecule has 0 amide bonds. The third-order valence-electron chi connectivity index (χ3n) is 4.92. The van der Waals surface area contributed by atoms with E-state index in [0.717, 1.165) is 36.2 Å². The minimum Gasteiger partial charge on any atom is -0.494 e. The first-order valence-corrected chi connectivity index (χ1v) is 12.2. The molecule has 7 heteroatoms. The quantitative estimate of drug-likeness (QED) is 0.391. The first-order chi connectivity index (χ1) is 13.8. The van der Waals surface area contributed by atoms with Crippen molar-refractivity contribution < 1.29 is 13.2 Å².